The quantitative estimate of drug-likeness (QED) is 0.885. The molecule has 1 saturated heterocycles. The van der Waals surface area contributed by atoms with Crippen LogP contribution in [0.5, 0.6) is 0 Å². The van der Waals surface area contributed by atoms with Crippen LogP contribution in [-0.4, -0.2) is 25.7 Å². The standard InChI is InChI=1S/C16H22N2O2/c1-2-17-16(12-4-3-7-20-10-12)11-5-6-14-13(8-11)9-15(19)18-14/h5-6,8,12,16-17H,2-4,7,9-10H2,1H3,(H,18,19). The second kappa shape index (κ2) is 5.94. The van der Waals surface area contributed by atoms with Gasteiger partial charge in [0.1, 0.15) is 0 Å². The van der Waals surface area contributed by atoms with E-state index in [1.54, 1.807) is 0 Å². The number of rotatable bonds is 4. The fourth-order valence-corrected chi connectivity index (χ4v) is 3.25. The number of nitrogens with one attached hydrogen (secondary N) is 2. The summed E-state index contributed by atoms with van der Waals surface area (Å²) in [5.74, 6) is 0.616. The van der Waals surface area contributed by atoms with Crippen LogP contribution in [0.3, 0.4) is 0 Å². The summed E-state index contributed by atoms with van der Waals surface area (Å²) in [5.41, 5.74) is 3.36. The number of benzene rings is 1. The molecule has 2 aliphatic heterocycles. The molecule has 108 valence electrons. The summed E-state index contributed by atoms with van der Waals surface area (Å²) in [7, 11) is 0. The van der Waals surface area contributed by atoms with Crippen molar-refractivity contribution >= 4 is 11.6 Å². The lowest BCUT2D eigenvalue weighted by Crippen LogP contribution is -2.33. The van der Waals surface area contributed by atoms with Crippen LogP contribution in [0.25, 0.3) is 0 Å². The Morgan fingerprint density at radius 1 is 1.50 bits per heavy atom. The van der Waals surface area contributed by atoms with Gasteiger partial charge in [-0.1, -0.05) is 19.1 Å². The molecule has 20 heavy (non-hydrogen) atoms. The van der Waals surface area contributed by atoms with Gasteiger partial charge in [-0.05, 0) is 36.6 Å². The number of carbonyl (C=O) groups is 1. The van der Waals surface area contributed by atoms with Crippen molar-refractivity contribution in [3.63, 3.8) is 0 Å². The SMILES string of the molecule is CCNC(c1ccc2c(c1)CC(=O)N2)C1CCCOC1. The highest BCUT2D eigenvalue weighted by molar-refractivity contribution is 5.99. The van der Waals surface area contributed by atoms with Gasteiger partial charge in [0.2, 0.25) is 5.91 Å². The minimum Gasteiger partial charge on any atom is -0.381 e. The lowest BCUT2D eigenvalue weighted by Gasteiger charge is -2.31. The van der Waals surface area contributed by atoms with E-state index < -0.39 is 0 Å². The van der Waals surface area contributed by atoms with Crippen molar-refractivity contribution in [2.75, 3.05) is 25.1 Å². The summed E-state index contributed by atoms with van der Waals surface area (Å²) in [5, 5.41) is 6.48. The maximum atomic E-state index is 11.5. The van der Waals surface area contributed by atoms with E-state index in [9.17, 15) is 4.79 Å². The fraction of sp³-hybridized carbons (Fsp3) is 0.562. The molecular weight excluding hydrogens is 252 g/mol. The lowest BCUT2D eigenvalue weighted by molar-refractivity contribution is -0.115. The van der Waals surface area contributed by atoms with E-state index in [1.807, 2.05) is 6.07 Å². The number of amides is 1. The molecule has 0 radical (unpaired) electrons. The van der Waals surface area contributed by atoms with Gasteiger partial charge < -0.3 is 15.4 Å². The van der Waals surface area contributed by atoms with Gasteiger partial charge in [-0.3, -0.25) is 4.79 Å². The zero-order valence-electron chi connectivity index (χ0n) is 11.9. The first-order chi connectivity index (χ1) is 9.78. The molecule has 0 aliphatic carbocycles. The lowest BCUT2D eigenvalue weighted by atomic mass is 9.87. The summed E-state index contributed by atoms with van der Waals surface area (Å²) < 4.78 is 5.63. The largest absolute Gasteiger partial charge is 0.381 e. The molecule has 0 saturated carbocycles. The van der Waals surface area contributed by atoms with Gasteiger partial charge in [0.25, 0.3) is 0 Å². The summed E-state index contributed by atoms with van der Waals surface area (Å²) >= 11 is 0. The van der Waals surface area contributed by atoms with E-state index >= 15 is 0 Å². The Balaban J connectivity index is 1.84. The normalized spacial score (nSPS) is 23.2. The molecule has 2 unspecified atom stereocenters. The maximum absolute atomic E-state index is 11.5. The zero-order chi connectivity index (χ0) is 13.9. The third kappa shape index (κ3) is 2.72. The number of ether oxygens (including phenoxy) is 1. The summed E-state index contributed by atoms with van der Waals surface area (Å²) in [6.45, 7) is 4.79. The highest BCUT2D eigenvalue weighted by atomic mass is 16.5. The Morgan fingerprint density at radius 2 is 2.40 bits per heavy atom. The monoisotopic (exact) mass is 274 g/mol. The smallest absolute Gasteiger partial charge is 0.228 e. The molecule has 1 aromatic carbocycles. The van der Waals surface area contributed by atoms with Crippen LogP contribution in [-0.2, 0) is 16.0 Å². The molecule has 0 spiro atoms. The van der Waals surface area contributed by atoms with E-state index in [0.29, 0.717) is 18.4 Å². The number of fused-ring (bicyclic) bond motifs is 1. The van der Waals surface area contributed by atoms with Crippen molar-refractivity contribution in [2.24, 2.45) is 5.92 Å². The number of hydrogen-bond acceptors (Lipinski definition) is 3. The molecule has 0 bridgehead atoms. The zero-order valence-corrected chi connectivity index (χ0v) is 11.9. The number of carbonyl (C=O) groups excluding carboxylic acids is 1. The third-order valence-electron chi connectivity index (χ3n) is 4.20. The number of hydrogen-bond donors (Lipinski definition) is 2. The molecule has 2 atom stereocenters. The van der Waals surface area contributed by atoms with Crippen molar-refractivity contribution in [2.45, 2.75) is 32.2 Å². The predicted molar refractivity (Wildman–Crippen MR) is 78.7 cm³/mol. The van der Waals surface area contributed by atoms with Crippen LogP contribution >= 0.6 is 0 Å². The van der Waals surface area contributed by atoms with Gasteiger partial charge in [-0.2, -0.15) is 0 Å². The van der Waals surface area contributed by atoms with Crippen LogP contribution in [0.15, 0.2) is 18.2 Å². The minimum atomic E-state index is 0.0955. The molecule has 1 fully saturated rings. The van der Waals surface area contributed by atoms with Crippen molar-refractivity contribution in [3.8, 4) is 0 Å². The first-order valence-electron chi connectivity index (χ1n) is 7.51. The minimum absolute atomic E-state index is 0.0955. The van der Waals surface area contributed by atoms with Gasteiger partial charge in [-0.25, -0.2) is 0 Å². The van der Waals surface area contributed by atoms with Crippen LogP contribution in [0.2, 0.25) is 0 Å². The first kappa shape index (κ1) is 13.6. The highest BCUT2D eigenvalue weighted by Crippen LogP contribution is 2.32. The molecule has 2 heterocycles. The molecule has 0 aromatic heterocycles. The topological polar surface area (TPSA) is 50.4 Å². The molecule has 2 aliphatic rings. The Kier molecular flexibility index (Phi) is 4.03. The van der Waals surface area contributed by atoms with Crippen LogP contribution in [0.4, 0.5) is 5.69 Å². The Bertz CT molecular complexity index is 495. The van der Waals surface area contributed by atoms with Crippen molar-refractivity contribution in [3.05, 3.63) is 29.3 Å². The van der Waals surface area contributed by atoms with Crippen molar-refractivity contribution in [1.82, 2.24) is 5.32 Å². The predicted octanol–water partition coefficient (Wildman–Crippen LogP) is 2.26. The van der Waals surface area contributed by atoms with Crippen LogP contribution in [0, 0.1) is 5.92 Å². The van der Waals surface area contributed by atoms with Gasteiger partial charge in [0.05, 0.1) is 13.0 Å². The second-order valence-electron chi connectivity index (χ2n) is 5.65. The van der Waals surface area contributed by atoms with E-state index in [-0.39, 0.29) is 5.91 Å². The van der Waals surface area contributed by atoms with Gasteiger partial charge >= 0.3 is 0 Å². The molecule has 2 N–H and O–H groups in total. The molecule has 3 rings (SSSR count). The second-order valence-corrected chi connectivity index (χ2v) is 5.65. The van der Waals surface area contributed by atoms with Gasteiger partial charge in [0, 0.05) is 24.3 Å². The Hall–Kier alpha value is -1.39. The van der Waals surface area contributed by atoms with E-state index in [0.717, 1.165) is 37.4 Å². The van der Waals surface area contributed by atoms with E-state index in [1.165, 1.54) is 12.0 Å². The summed E-state index contributed by atoms with van der Waals surface area (Å²) in [6.07, 6.45) is 2.84. The highest BCUT2D eigenvalue weighted by Gasteiger charge is 2.26. The molecule has 4 heteroatoms. The van der Waals surface area contributed by atoms with E-state index in [4.69, 9.17) is 4.74 Å². The molecule has 1 amide bonds. The fourth-order valence-electron chi connectivity index (χ4n) is 3.25. The van der Waals surface area contributed by atoms with E-state index in [2.05, 4.69) is 29.7 Å². The molecular formula is C16H22N2O2. The van der Waals surface area contributed by atoms with Crippen LogP contribution in [0.1, 0.15) is 36.9 Å². The Morgan fingerprint density at radius 3 is 3.15 bits per heavy atom. The molecule has 1 aromatic rings. The third-order valence-corrected chi connectivity index (χ3v) is 4.20. The van der Waals surface area contributed by atoms with Gasteiger partial charge in [-0.15, -0.1) is 0 Å². The average molecular weight is 274 g/mol. The van der Waals surface area contributed by atoms with Crippen molar-refractivity contribution in [1.29, 1.82) is 0 Å². The Labute approximate surface area is 119 Å². The summed E-state index contributed by atoms with van der Waals surface area (Å²) in [4.78, 5) is 11.5. The van der Waals surface area contributed by atoms with Crippen molar-refractivity contribution < 1.29 is 9.53 Å². The molecule has 4 nitrogen and oxygen atoms in total. The summed E-state index contributed by atoms with van der Waals surface area (Å²) in [6, 6.07) is 6.66. The first-order valence-corrected chi connectivity index (χ1v) is 7.51. The van der Waals surface area contributed by atoms with Gasteiger partial charge in [0.15, 0.2) is 0 Å². The number of anilines is 1. The maximum Gasteiger partial charge on any atom is 0.228 e. The van der Waals surface area contributed by atoms with Crippen LogP contribution < -0.4 is 10.6 Å². The average Bonchev–Trinajstić information content (AvgIpc) is 2.84.